The number of esters is 1. The molecule has 0 atom stereocenters. The number of nitrogens with zero attached hydrogens (tertiary/aromatic N) is 2. The molecule has 0 radical (unpaired) electrons. The van der Waals surface area contributed by atoms with E-state index in [2.05, 4.69) is 24.1 Å². The van der Waals surface area contributed by atoms with Gasteiger partial charge in [0, 0.05) is 42.2 Å². The Labute approximate surface area is 252 Å². The topological polar surface area (TPSA) is 97.5 Å². The van der Waals surface area contributed by atoms with Gasteiger partial charge in [-0.3, -0.25) is 9.59 Å². The lowest BCUT2D eigenvalue weighted by Crippen LogP contribution is -2.29. The van der Waals surface area contributed by atoms with Gasteiger partial charge >= 0.3 is 5.97 Å². The highest BCUT2D eigenvalue weighted by molar-refractivity contribution is 7.16. The first-order valence-corrected chi connectivity index (χ1v) is 15.2. The van der Waals surface area contributed by atoms with Gasteiger partial charge in [-0.1, -0.05) is 69.1 Å². The minimum absolute atomic E-state index is 0.175. The molecule has 1 heterocycles. The Morgan fingerprint density at radius 1 is 1.12 bits per heavy atom. The molecular weight excluding hydrogens is 567 g/mol. The summed E-state index contributed by atoms with van der Waals surface area (Å²) in [6.45, 7) is 12.1. The van der Waals surface area contributed by atoms with Gasteiger partial charge in [-0.2, -0.15) is 0 Å². The number of benzene rings is 2. The van der Waals surface area contributed by atoms with Gasteiger partial charge in [0.25, 0.3) is 5.91 Å². The largest absolute Gasteiger partial charge is 0.466 e. The molecule has 3 rings (SSSR count). The summed E-state index contributed by atoms with van der Waals surface area (Å²) in [5, 5.41) is 4.54. The zero-order valence-corrected chi connectivity index (χ0v) is 26.3. The molecule has 3 aromatic rings. The van der Waals surface area contributed by atoms with E-state index in [1.165, 1.54) is 0 Å². The highest BCUT2D eigenvalue weighted by Crippen LogP contribution is 2.37. The van der Waals surface area contributed by atoms with Crippen molar-refractivity contribution in [2.75, 3.05) is 31.1 Å². The Kier molecular flexibility index (Phi) is 14.5. The van der Waals surface area contributed by atoms with Gasteiger partial charge in [-0.05, 0) is 49.1 Å². The molecule has 218 valence electrons. The van der Waals surface area contributed by atoms with Gasteiger partial charge in [-0.15, -0.1) is 11.3 Å². The summed E-state index contributed by atoms with van der Waals surface area (Å²) < 4.78 is 5.17. The van der Waals surface area contributed by atoms with E-state index in [0.29, 0.717) is 54.3 Å². The third kappa shape index (κ3) is 10.1. The predicted octanol–water partition coefficient (Wildman–Crippen LogP) is 6.99. The van der Waals surface area contributed by atoms with Gasteiger partial charge < -0.3 is 20.7 Å². The van der Waals surface area contributed by atoms with Gasteiger partial charge in [0.15, 0.2) is 5.13 Å². The van der Waals surface area contributed by atoms with E-state index in [9.17, 15) is 9.59 Å². The second kappa shape index (κ2) is 17.2. The average Bonchev–Trinajstić information content (AvgIpc) is 3.35. The van der Waals surface area contributed by atoms with Crippen LogP contribution in [0.3, 0.4) is 0 Å². The van der Waals surface area contributed by atoms with Crippen LogP contribution < -0.4 is 16.0 Å². The number of carbonyl (C=O) groups excluding carboxylic acids is 2. The summed E-state index contributed by atoms with van der Waals surface area (Å²) in [5.74, 6) is -0.0247. The van der Waals surface area contributed by atoms with Crippen molar-refractivity contribution in [1.82, 2.24) is 10.3 Å². The number of hydrogen-bond acceptors (Lipinski definition) is 7. The summed E-state index contributed by atoms with van der Waals surface area (Å²) in [6, 6.07) is 13.0. The Hall–Kier alpha value is -2.65. The first-order valence-electron chi connectivity index (χ1n) is 13.6. The summed E-state index contributed by atoms with van der Waals surface area (Å²) in [6.07, 6.45) is 1.06. The molecule has 0 fully saturated rings. The number of anilines is 1. The monoisotopic (exact) mass is 606 g/mol. The number of nitrogens with one attached hydrogen (secondary N) is 1. The van der Waals surface area contributed by atoms with E-state index in [4.69, 9.17) is 38.7 Å². The highest BCUT2D eigenvalue weighted by Gasteiger charge is 2.21. The molecule has 0 unspecified atom stereocenters. The van der Waals surface area contributed by atoms with Crippen molar-refractivity contribution in [1.29, 1.82) is 0 Å². The molecule has 0 aliphatic heterocycles. The van der Waals surface area contributed by atoms with Crippen LogP contribution in [0.5, 0.6) is 0 Å². The molecule has 3 N–H and O–H groups in total. The number of halogens is 2. The van der Waals surface area contributed by atoms with E-state index >= 15 is 0 Å². The van der Waals surface area contributed by atoms with E-state index in [1.54, 1.807) is 30.4 Å². The first kappa shape index (κ1) is 33.6. The van der Waals surface area contributed by atoms with E-state index in [0.717, 1.165) is 33.3 Å². The van der Waals surface area contributed by atoms with E-state index in [-0.39, 0.29) is 18.3 Å². The molecule has 0 saturated carbocycles. The molecule has 7 nitrogen and oxygen atoms in total. The van der Waals surface area contributed by atoms with Gasteiger partial charge in [0.2, 0.25) is 0 Å². The molecule has 0 saturated heterocycles. The average molecular weight is 608 g/mol. The quantitative estimate of drug-likeness (QED) is 0.203. The third-order valence-electron chi connectivity index (χ3n) is 5.63. The fourth-order valence-corrected chi connectivity index (χ4v) is 5.49. The lowest BCUT2D eigenvalue weighted by Gasteiger charge is -2.22. The van der Waals surface area contributed by atoms with Crippen LogP contribution >= 0.6 is 34.5 Å². The SMILES string of the molecule is CC.CCOC(=O)CCN(Cc1cccc(C(=O)NCCN)c1)c1nc(-c2ccc(Cl)c(Cl)c2)c(CC(C)C)s1. The Morgan fingerprint density at radius 2 is 1.88 bits per heavy atom. The molecule has 0 aliphatic carbocycles. The summed E-state index contributed by atoms with van der Waals surface area (Å²) in [4.78, 5) is 32.9. The Bertz CT molecular complexity index is 1250. The second-order valence-electron chi connectivity index (χ2n) is 9.22. The van der Waals surface area contributed by atoms with Crippen LogP contribution in [-0.2, 0) is 22.5 Å². The van der Waals surface area contributed by atoms with Crippen molar-refractivity contribution in [2.45, 2.75) is 54.0 Å². The van der Waals surface area contributed by atoms with Crippen LogP contribution in [-0.4, -0.2) is 43.1 Å². The molecule has 0 spiro atoms. The van der Waals surface area contributed by atoms with Crippen molar-refractivity contribution in [3.8, 4) is 11.3 Å². The molecule has 1 aromatic heterocycles. The summed E-state index contributed by atoms with van der Waals surface area (Å²) in [5.41, 5.74) is 8.74. The number of ether oxygens (including phenoxy) is 1. The van der Waals surface area contributed by atoms with Gasteiger partial charge in [0.05, 0.1) is 28.8 Å². The Balaban J connectivity index is 0.00000274. The molecule has 2 aromatic carbocycles. The Morgan fingerprint density at radius 3 is 2.52 bits per heavy atom. The maximum atomic E-state index is 12.5. The minimum atomic E-state index is -0.268. The minimum Gasteiger partial charge on any atom is -0.466 e. The van der Waals surface area contributed by atoms with Gasteiger partial charge in [0.1, 0.15) is 0 Å². The number of amides is 1. The normalized spacial score (nSPS) is 10.6. The highest BCUT2D eigenvalue weighted by atomic mass is 35.5. The number of aromatic nitrogens is 1. The maximum absolute atomic E-state index is 12.5. The third-order valence-corrected chi connectivity index (χ3v) is 7.50. The molecule has 0 bridgehead atoms. The van der Waals surface area contributed by atoms with Crippen molar-refractivity contribution < 1.29 is 14.3 Å². The van der Waals surface area contributed by atoms with Crippen molar-refractivity contribution in [3.63, 3.8) is 0 Å². The molecule has 0 aliphatic rings. The standard InChI is InChI=1S/C28H34Cl2N4O3S.C2H6/c1-4-37-25(35)10-13-34(17-19-6-5-7-21(15-19)27(36)32-12-11-31)28-33-26(24(38-28)14-18(2)3)20-8-9-22(29)23(30)16-20;1-2/h5-9,15-16,18H,4,10-14,17,31H2,1-3H3,(H,32,36);1-2H3. The maximum Gasteiger partial charge on any atom is 0.307 e. The van der Waals surface area contributed by atoms with E-state index < -0.39 is 0 Å². The molecule has 1 amide bonds. The van der Waals surface area contributed by atoms with Crippen LogP contribution in [0.15, 0.2) is 42.5 Å². The van der Waals surface area contributed by atoms with Gasteiger partial charge in [-0.25, -0.2) is 4.98 Å². The van der Waals surface area contributed by atoms with Crippen LogP contribution in [0.4, 0.5) is 5.13 Å². The number of thiazole rings is 1. The number of hydrogen-bond donors (Lipinski definition) is 2. The van der Waals surface area contributed by atoms with Crippen molar-refractivity contribution in [2.24, 2.45) is 11.7 Å². The van der Waals surface area contributed by atoms with Crippen molar-refractivity contribution in [3.05, 3.63) is 68.5 Å². The number of nitrogens with two attached hydrogens (primary N) is 1. The lowest BCUT2D eigenvalue weighted by molar-refractivity contribution is -0.142. The smallest absolute Gasteiger partial charge is 0.307 e. The lowest BCUT2D eigenvalue weighted by atomic mass is 10.0. The number of carbonyl (C=O) groups is 2. The zero-order chi connectivity index (χ0) is 29.7. The molecular formula is C30H40Cl2N4O3S. The fraction of sp³-hybridized carbons (Fsp3) is 0.433. The second-order valence-corrected chi connectivity index (χ2v) is 11.1. The van der Waals surface area contributed by atoms with Crippen LogP contribution in [0.2, 0.25) is 10.0 Å². The summed E-state index contributed by atoms with van der Waals surface area (Å²) >= 11 is 14.1. The molecule has 10 heteroatoms. The van der Waals surface area contributed by atoms with Crippen LogP contribution in [0, 0.1) is 5.92 Å². The van der Waals surface area contributed by atoms with Crippen LogP contribution in [0.1, 0.15) is 61.8 Å². The first-order chi connectivity index (χ1) is 19.2. The zero-order valence-electron chi connectivity index (χ0n) is 23.9. The van der Waals surface area contributed by atoms with E-state index in [1.807, 2.05) is 44.2 Å². The van der Waals surface area contributed by atoms with Crippen LogP contribution in [0.25, 0.3) is 11.3 Å². The molecule has 40 heavy (non-hydrogen) atoms. The van der Waals surface area contributed by atoms with Crippen molar-refractivity contribution >= 4 is 51.5 Å². The number of rotatable bonds is 13. The summed E-state index contributed by atoms with van der Waals surface area (Å²) in [7, 11) is 0. The predicted molar refractivity (Wildman–Crippen MR) is 168 cm³/mol. The fourth-order valence-electron chi connectivity index (χ4n) is 3.87.